The van der Waals surface area contributed by atoms with Gasteiger partial charge < -0.3 is 19.4 Å². The minimum Gasteiger partial charge on any atom is -0.467 e. The van der Waals surface area contributed by atoms with Crippen molar-refractivity contribution in [1.29, 1.82) is 0 Å². The van der Waals surface area contributed by atoms with E-state index in [-0.39, 0.29) is 29.6 Å². The number of rotatable bonds is 7. The molecule has 0 unspecified atom stereocenters. The first-order chi connectivity index (χ1) is 12.0. The molecule has 0 atom stereocenters. The van der Waals surface area contributed by atoms with Crippen LogP contribution in [0.2, 0.25) is 5.02 Å². The highest BCUT2D eigenvalue weighted by molar-refractivity contribution is 6.33. The molecular formula is C17H17ClN2O5. The third-order valence-corrected chi connectivity index (χ3v) is 3.60. The molecule has 7 nitrogen and oxygen atoms in total. The summed E-state index contributed by atoms with van der Waals surface area (Å²) in [7, 11) is 1.44. The fourth-order valence-electron chi connectivity index (χ4n) is 1.90. The highest BCUT2D eigenvalue weighted by Crippen LogP contribution is 2.15. The number of benzene rings is 1. The number of hydrogen-bond acceptors (Lipinski definition) is 5. The van der Waals surface area contributed by atoms with Crippen LogP contribution in [0.3, 0.4) is 0 Å². The molecule has 1 aromatic carbocycles. The van der Waals surface area contributed by atoms with Gasteiger partial charge >= 0.3 is 5.97 Å². The Morgan fingerprint density at radius 3 is 2.64 bits per heavy atom. The van der Waals surface area contributed by atoms with Crippen molar-refractivity contribution < 1.29 is 23.5 Å². The zero-order valence-electron chi connectivity index (χ0n) is 13.5. The number of hydrogen-bond donors (Lipinski definition) is 1. The molecule has 0 saturated carbocycles. The molecule has 0 radical (unpaired) electrons. The van der Waals surface area contributed by atoms with E-state index in [1.54, 1.807) is 30.3 Å². The van der Waals surface area contributed by atoms with E-state index in [1.807, 2.05) is 0 Å². The Morgan fingerprint density at radius 1 is 1.20 bits per heavy atom. The van der Waals surface area contributed by atoms with Gasteiger partial charge in [0.1, 0.15) is 5.76 Å². The van der Waals surface area contributed by atoms with Gasteiger partial charge in [-0.3, -0.25) is 9.59 Å². The standard InChI is InChI=1S/C17H17ClN2O5/c1-20(10-15(21)19-9-12-5-4-8-24-12)16(22)11-25-17(23)13-6-2-3-7-14(13)18/h2-8H,9-11H2,1H3,(H,19,21). The minimum atomic E-state index is -0.699. The number of carbonyl (C=O) groups excluding carboxylic acids is 3. The average Bonchev–Trinajstić information content (AvgIpc) is 3.11. The molecule has 1 heterocycles. The van der Waals surface area contributed by atoms with E-state index < -0.39 is 18.5 Å². The molecule has 132 valence electrons. The van der Waals surface area contributed by atoms with Gasteiger partial charge in [-0.1, -0.05) is 23.7 Å². The number of halogens is 1. The fourth-order valence-corrected chi connectivity index (χ4v) is 2.11. The highest BCUT2D eigenvalue weighted by atomic mass is 35.5. The Balaban J connectivity index is 1.75. The Labute approximate surface area is 149 Å². The Morgan fingerprint density at radius 2 is 1.96 bits per heavy atom. The summed E-state index contributed by atoms with van der Waals surface area (Å²) < 4.78 is 10.0. The normalized spacial score (nSPS) is 10.2. The summed E-state index contributed by atoms with van der Waals surface area (Å²) in [6.45, 7) is -0.412. The first-order valence-electron chi connectivity index (χ1n) is 7.42. The van der Waals surface area contributed by atoms with Crippen LogP contribution in [0.1, 0.15) is 16.1 Å². The number of ether oxygens (including phenoxy) is 1. The maximum Gasteiger partial charge on any atom is 0.340 e. The number of amides is 2. The molecular weight excluding hydrogens is 348 g/mol. The summed E-state index contributed by atoms with van der Waals surface area (Å²) in [6, 6.07) is 9.81. The van der Waals surface area contributed by atoms with Gasteiger partial charge in [0.15, 0.2) is 6.61 Å². The van der Waals surface area contributed by atoms with E-state index in [0.717, 1.165) is 4.90 Å². The summed E-state index contributed by atoms with van der Waals surface area (Å²) in [6.07, 6.45) is 1.50. The molecule has 0 saturated heterocycles. The third-order valence-electron chi connectivity index (χ3n) is 3.27. The topological polar surface area (TPSA) is 88.8 Å². The first kappa shape index (κ1) is 18.5. The predicted octanol–water partition coefficient (Wildman–Crippen LogP) is 1.86. The molecule has 0 bridgehead atoms. The van der Waals surface area contributed by atoms with Crippen molar-refractivity contribution in [3.8, 4) is 0 Å². The molecule has 25 heavy (non-hydrogen) atoms. The molecule has 2 aromatic rings. The molecule has 0 aliphatic rings. The van der Waals surface area contributed by atoms with Crippen LogP contribution in [-0.2, 0) is 20.9 Å². The second-order valence-corrected chi connectivity index (χ2v) is 5.57. The number of furan rings is 1. The summed E-state index contributed by atoms with van der Waals surface area (Å²) in [5, 5.41) is 2.86. The number of likely N-dealkylation sites (N-methyl/N-ethyl adjacent to an activating group) is 1. The van der Waals surface area contributed by atoms with Crippen LogP contribution in [0.5, 0.6) is 0 Å². The average molecular weight is 365 g/mol. The van der Waals surface area contributed by atoms with Crippen LogP contribution in [0.4, 0.5) is 0 Å². The quantitative estimate of drug-likeness (QED) is 0.757. The van der Waals surface area contributed by atoms with Crippen molar-refractivity contribution >= 4 is 29.4 Å². The van der Waals surface area contributed by atoms with Crippen LogP contribution in [0.25, 0.3) is 0 Å². The molecule has 0 aliphatic carbocycles. The monoisotopic (exact) mass is 364 g/mol. The van der Waals surface area contributed by atoms with Gasteiger partial charge in [-0.25, -0.2) is 4.79 Å². The summed E-state index contributed by atoms with van der Waals surface area (Å²) >= 11 is 5.89. The smallest absolute Gasteiger partial charge is 0.340 e. The second kappa shape index (κ2) is 8.89. The summed E-state index contributed by atoms with van der Waals surface area (Å²) in [4.78, 5) is 36.8. The van der Waals surface area contributed by atoms with Crippen molar-refractivity contribution in [2.45, 2.75) is 6.54 Å². The number of carbonyl (C=O) groups is 3. The Bertz CT molecular complexity index is 745. The number of esters is 1. The third kappa shape index (κ3) is 5.65. The van der Waals surface area contributed by atoms with Crippen molar-refractivity contribution in [3.63, 3.8) is 0 Å². The molecule has 8 heteroatoms. The van der Waals surface area contributed by atoms with Gasteiger partial charge in [0.25, 0.3) is 5.91 Å². The molecule has 1 N–H and O–H groups in total. The van der Waals surface area contributed by atoms with Gasteiger partial charge in [0.2, 0.25) is 5.91 Å². The molecule has 0 aliphatic heterocycles. The molecule has 0 fully saturated rings. The van der Waals surface area contributed by atoms with Gasteiger partial charge in [0, 0.05) is 7.05 Å². The van der Waals surface area contributed by atoms with Gasteiger partial charge in [0.05, 0.1) is 29.9 Å². The zero-order chi connectivity index (χ0) is 18.2. The van der Waals surface area contributed by atoms with Crippen molar-refractivity contribution in [2.75, 3.05) is 20.2 Å². The van der Waals surface area contributed by atoms with Crippen LogP contribution >= 0.6 is 11.6 Å². The van der Waals surface area contributed by atoms with Crippen LogP contribution in [0.15, 0.2) is 47.1 Å². The second-order valence-electron chi connectivity index (χ2n) is 5.16. The summed E-state index contributed by atoms with van der Waals surface area (Å²) in [5.41, 5.74) is 0.177. The molecule has 1 aromatic heterocycles. The van der Waals surface area contributed by atoms with E-state index in [1.165, 1.54) is 19.4 Å². The highest BCUT2D eigenvalue weighted by Gasteiger charge is 2.17. The van der Waals surface area contributed by atoms with E-state index in [4.69, 9.17) is 20.8 Å². The van der Waals surface area contributed by atoms with Crippen molar-refractivity contribution in [2.24, 2.45) is 0 Å². The molecule has 0 spiro atoms. The SMILES string of the molecule is CN(CC(=O)NCc1ccco1)C(=O)COC(=O)c1ccccc1Cl. The van der Waals surface area contributed by atoms with E-state index in [0.29, 0.717) is 5.76 Å². The van der Waals surface area contributed by atoms with E-state index in [2.05, 4.69) is 5.32 Å². The van der Waals surface area contributed by atoms with Gasteiger partial charge in [-0.2, -0.15) is 0 Å². The van der Waals surface area contributed by atoms with Crippen LogP contribution in [-0.4, -0.2) is 42.9 Å². The maximum atomic E-state index is 11.9. The number of nitrogens with one attached hydrogen (secondary N) is 1. The van der Waals surface area contributed by atoms with E-state index >= 15 is 0 Å². The van der Waals surface area contributed by atoms with Crippen LogP contribution in [0, 0.1) is 0 Å². The lowest BCUT2D eigenvalue weighted by atomic mass is 10.2. The lowest BCUT2D eigenvalue weighted by Gasteiger charge is -2.16. The fraction of sp³-hybridized carbons (Fsp3) is 0.235. The van der Waals surface area contributed by atoms with Crippen molar-refractivity contribution in [3.05, 3.63) is 59.0 Å². The van der Waals surface area contributed by atoms with Gasteiger partial charge in [-0.15, -0.1) is 0 Å². The summed E-state index contributed by atoms with van der Waals surface area (Å²) in [5.74, 6) is -0.955. The molecule has 2 amide bonds. The van der Waals surface area contributed by atoms with Gasteiger partial charge in [-0.05, 0) is 24.3 Å². The predicted molar refractivity (Wildman–Crippen MR) is 89.9 cm³/mol. The lowest BCUT2D eigenvalue weighted by Crippen LogP contribution is -2.39. The van der Waals surface area contributed by atoms with Crippen LogP contribution < -0.4 is 5.32 Å². The lowest BCUT2D eigenvalue weighted by molar-refractivity contribution is -0.137. The molecule has 2 rings (SSSR count). The Hall–Kier alpha value is -2.80. The number of nitrogens with zero attached hydrogens (tertiary/aromatic N) is 1. The minimum absolute atomic E-state index is 0.164. The zero-order valence-corrected chi connectivity index (χ0v) is 14.3. The maximum absolute atomic E-state index is 11.9. The first-order valence-corrected chi connectivity index (χ1v) is 7.80. The van der Waals surface area contributed by atoms with Crippen molar-refractivity contribution in [1.82, 2.24) is 10.2 Å². The largest absolute Gasteiger partial charge is 0.467 e. The Kier molecular flexibility index (Phi) is 6.59. The van der Waals surface area contributed by atoms with E-state index in [9.17, 15) is 14.4 Å².